The number of nitrogens with zero attached hydrogens (tertiary/aromatic N) is 8. The number of ether oxygens (including phenoxy) is 3. The lowest BCUT2D eigenvalue weighted by Gasteiger charge is -2.16. The van der Waals surface area contributed by atoms with Gasteiger partial charge in [-0.1, -0.05) is 6.07 Å². The summed E-state index contributed by atoms with van der Waals surface area (Å²) >= 11 is 0. The van der Waals surface area contributed by atoms with E-state index in [0.29, 0.717) is 35.6 Å². The molecule has 4 atom stereocenters. The SMILES string of the molecule is COc1ccc(CCNc2nc(N)c3ncn([C@@H]4O[C@H](c5nnn(C(C)C)n5)[C@@H](O)[C@H]4O)c3n2)cc1OC.O=CO. The average Bonchev–Trinajstić information content (AvgIpc) is 3.68. The molecule has 0 spiro atoms. The molecule has 17 heteroatoms. The van der Waals surface area contributed by atoms with Crippen molar-refractivity contribution in [2.45, 2.75) is 50.8 Å². The molecule has 6 N–H and O–H groups in total. The Labute approximate surface area is 233 Å². The summed E-state index contributed by atoms with van der Waals surface area (Å²) in [4.78, 5) is 22.9. The smallest absolute Gasteiger partial charge is 0.290 e. The number of nitrogens with one attached hydrogen (secondary N) is 1. The van der Waals surface area contributed by atoms with E-state index in [-0.39, 0.29) is 30.1 Å². The number of aliphatic hydroxyl groups is 2. The van der Waals surface area contributed by atoms with Crippen molar-refractivity contribution < 1.29 is 34.3 Å². The van der Waals surface area contributed by atoms with E-state index in [2.05, 4.69) is 35.7 Å². The molecule has 1 aliphatic rings. The molecule has 1 aliphatic heterocycles. The Hall–Kier alpha value is -4.61. The van der Waals surface area contributed by atoms with Crippen LogP contribution in [0.5, 0.6) is 11.5 Å². The van der Waals surface area contributed by atoms with Gasteiger partial charge in [0.05, 0.1) is 26.6 Å². The number of benzene rings is 1. The van der Waals surface area contributed by atoms with E-state index in [1.165, 1.54) is 15.7 Å². The topological polar surface area (TPSA) is 231 Å². The zero-order valence-electron chi connectivity index (χ0n) is 22.8. The Bertz CT molecular complexity index is 1480. The van der Waals surface area contributed by atoms with Gasteiger partial charge in [-0.3, -0.25) is 9.36 Å². The molecule has 1 aromatic carbocycles. The number of methoxy groups -OCH3 is 2. The van der Waals surface area contributed by atoms with E-state index in [1.54, 1.807) is 14.2 Å². The third-order valence-electron chi connectivity index (χ3n) is 6.27. The average molecular weight is 573 g/mol. The molecule has 17 nitrogen and oxygen atoms in total. The van der Waals surface area contributed by atoms with Crippen LogP contribution in [0, 0.1) is 0 Å². The van der Waals surface area contributed by atoms with Crippen LogP contribution in [0.25, 0.3) is 11.2 Å². The summed E-state index contributed by atoms with van der Waals surface area (Å²) in [5.41, 5.74) is 7.86. The van der Waals surface area contributed by atoms with Gasteiger partial charge in [0.2, 0.25) is 11.8 Å². The number of fused-ring (bicyclic) bond motifs is 1. The number of carbonyl (C=O) groups is 1. The maximum Gasteiger partial charge on any atom is 0.290 e. The van der Waals surface area contributed by atoms with Crippen LogP contribution in [0.2, 0.25) is 0 Å². The molecule has 1 fully saturated rings. The minimum absolute atomic E-state index is 0.0227. The number of nitrogens with two attached hydrogens (primary N) is 1. The van der Waals surface area contributed by atoms with Crippen LogP contribution < -0.4 is 20.5 Å². The van der Waals surface area contributed by atoms with Crippen LogP contribution in [0.1, 0.15) is 43.6 Å². The van der Waals surface area contributed by atoms with Crippen LogP contribution in [-0.2, 0) is 16.0 Å². The van der Waals surface area contributed by atoms with Gasteiger partial charge in [0.1, 0.15) is 17.7 Å². The number of rotatable bonds is 9. The summed E-state index contributed by atoms with van der Waals surface area (Å²) < 4.78 is 18.1. The summed E-state index contributed by atoms with van der Waals surface area (Å²) in [5, 5.41) is 43.8. The molecule has 220 valence electrons. The fourth-order valence-corrected chi connectivity index (χ4v) is 4.23. The first-order chi connectivity index (χ1) is 19.7. The molecule has 0 unspecified atom stereocenters. The van der Waals surface area contributed by atoms with Crippen molar-refractivity contribution in [1.82, 2.24) is 39.7 Å². The normalized spacial score (nSPS) is 20.1. The fraction of sp³-hybridized carbons (Fsp3) is 0.458. The minimum atomic E-state index is -1.30. The van der Waals surface area contributed by atoms with Gasteiger partial charge in [0.25, 0.3) is 6.47 Å². The lowest BCUT2D eigenvalue weighted by Crippen LogP contribution is -2.29. The van der Waals surface area contributed by atoms with Crippen LogP contribution in [0.15, 0.2) is 24.5 Å². The fourth-order valence-electron chi connectivity index (χ4n) is 4.23. The number of anilines is 2. The molecule has 0 bridgehead atoms. The van der Waals surface area contributed by atoms with Gasteiger partial charge < -0.3 is 40.6 Å². The standard InChI is InChI=1S/C23H30N10O5.CH2O2/c1-11(2)33-30-20(29-31-33)18-16(34)17(35)22(38-18)32-10-26-15-19(24)27-23(28-21(15)32)25-8-7-12-5-6-13(36-3)14(9-12)37-4;2-1-3/h5-6,9-11,16-18,22,34-35H,7-8H2,1-4H3,(H3,24,25,27,28);1H,(H,2,3)/t16-,17+,18-,22+;/m0./s1. The van der Waals surface area contributed by atoms with E-state index in [9.17, 15) is 10.2 Å². The minimum Gasteiger partial charge on any atom is -0.493 e. The van der Waals surface area contributed by atoms with E-state index in [0.717, 1.165) is 5.56 Å². The van der Waals surface area contributed by atoms with Crippen molar-refractivity contribution in [3.05, 3.63) is 35.9 Å². The van der Waals surface area contributed by atoms with E-state index in [4.69, 9.17) is 29.8 Å². The number of hydrogen-bond donors (Lipinski definition) is 5. The van der Waals surface area contributed by atoms with Crippen LogP contribution >= 0.6 is 0 Å². The number of tetrazole rings is 1. The van der Waals surface area contributed by atoms with Crippen molar-refractivity contribution in [3.63, 3.8) is 0 Å². The molecule has 4 aromatic rings. The predicted molar refractivity (Wildman–Crippen MR) is 143 cm³/mol. The maximum atomic E-state index is 10.8. The Morgan fingerprint density at radius 3 is 2.56 bits per heavy atom. The highest BCUT2D eigenvalue weighted by Crippen LogP contribution is 2.39. The highest BCUT2D eigenvalue weighted by molar-refractivity contribution is 5.83. The second kappa shape index (κ2) is 12.7. The van der Waals surface area contributed by atoms with E-state index in [1.807, 2.05) is 32.0 Å². The van der Waals surface area contributed by atoms with Crippen molar-refractivity contribution in [2.24, 2.45) is 0 Å². The molecule has 1 saturated heterocycles. The molecule has 4 heterocycles. The zero-order valence-corrected chi connectivity index (χ0v) is 22.8. The van der Waals surface area contributed by atoms with Crippen molar-refractivity contribution in [2.75, 3.05) is 31.8 Å². The molecule has 41 heavy (non-hydrogen) atoms. The third-order valence-corrected chi connectivity index (χ3v) is 6.27. The first-order valence-corrected chi connectivity index (χ1v) is 12.6. The molecule has 0 saturated carbocycles. The Balaban J connectivity index is 0.00000124. The van der Waals surface area contributed by atoms with Crippen LogP contribution in [0.3, 0.4) is 0 Å². The summed E-state index contributed by atoms with van der Waals surface area (Å²) in [6, 6.07) is 5.68. The lowest BCUT2D eigenvalue weighted by molar-refractivity contribution is -0.122. The molecule has 5 rings (SSSR count). The molecule has 0 aliphatic carbocycles. The Kier molecular flexibility index (Phi) is 9.10. The number of aliphatic hydroxyl groups excluding tert-OH is 2. The molecule has 0 radical (unpaired) electrons. The van der Waals surface area contributed by atoms with Crippen LogP contribution in [0.4, 0.5) is 11.8 Å². The van der Waals surface area contributed by atoms with Gasteiger partial charge in [-0.15, -0.1) is 10.2 Å². The highest BCUT2D eigenvalue weighted by Gasteiger charge is 2.47. The van der Waals surface area contributed by atoms with E-state index >= 15 is 0 Å². The molecule has 0 amide bonds. The first kappa shape index (κ1) is 29.4. The molecular weight excluding hydrogens is 540 g/mol. The summed E-state index contributed by atoms with van der Waals surface area (Å²) in [6.45, 7) is 4.06. The molecular formula is C24H32N10O7. The van der Waals surface area contributed by atoms with Gasteiger partial charge >= 0.3 is 0 Å². The summed E-state index contributed by atoms with van der Waals surface area (Å²) in [5.74, 6) is 1.91. The quantitative estimate of drug-likeness (QED) is 0.170. The number of hydrogen-bond acceptors (Lipinski definition) is 14. The van der Waals surface area contributed by atoms with Crippen LogP contribution in [-0.4, -0.2) is 94.5 Å². The van der Waals surface area contributed by atoms with Gasteiger partial charge in [-0.2, -0.15) is 14.8 Å². The van der Waals surface area contributed by atoms with Crippen molar-refractivity contribution >= 4 is 29.4 Å². The molecule has 3 aromatic heterocycles. The number of aromatic nitrogens is 8. The number of imidazole rings is 1. The maximum absolute atomic E-state index is 10.8. The van der Waals surface area contributed by atoms with Gasteiger partial charge in [-0.25, -0.2) is 4.98 Å². The summed E-state index contributed by atoms with van der Waals surface area (Å²) in [6.07, 6.45) is -2.51. The second-order valence-corrected chi connectivity index (χ2v) is 9.22. The summed E-state index contributed by atoms with van der Waals surface area (Å²) in [7, 11) is 3.18. The Morgan fingerprint density at radius 2 is 1.90 bits per heavy atom. The van der Waals surface area contributed by atoms with Crippen molar-refractivity contribution in [3.8, 4) is 11.5 Å². The largest absolute Gasteiger partial charge is 0.493 e. The lowest BCUT2D eigenvalue weighted by atomic mass is 10.1. The Morgan fingerprint density at radius 1 is 1.17 bits per heavy atom. The zero-order chi connectivity index (χ0) is 29.7. The van der Waals surface area contributed by atoms with Crippen molar-refractivity contribution in [1.29, 1.82) is 0 Å². The van der Waals surface area contributed by atoms with E-state index < -0.39 is 24.5 Å². The van der Waals surface area contributed by atoms with Gasteiger partial charge in [0.15, 0.2) is 35.3 Å². The van der Waals surface area contributed by atoms with Gasteiger partial charge in [-0.05, 0) is 43.2 Å². The monoisotopic (exact) mass is 572 g/mol. The predicted octanol–water partition coefficient (Wildman–Crippen LogP) is 0.340. The number of carboxylic acid groups (broad SMARTS) is 1. The first-order valence-electron chi connectivity index (χ1n) is 12.6. The third kappa shape index (κ3) is 6.11. The van der Waals surface area contributed by atoms with Gasteiger partial charge in [0, 0.05) is 6.54 Å². The highest BCUT2D eigenvalue weighted by atomic mass is 16.6. The second-order valence-electron chi connectivity index (χ2n) is 9.22. The number of nitrogen functional groups attached to an aromatic ring is 1.